The SMILES string of the molecule is CCCCCCCCCCCCCCCCCCCC[N+]([O-])(C(C)C)C(C)C. The van der Waals surface area contributed by atoms with Crippen LogP contribution in [0, 0.1) is 5.21 Å². The number of hydrogen-bond donors (Lipinski definition) is 0. The van der Waals surface area contributed by atoms with E-state index in [2.05, 4.69) is 34.6 Å². The molecule has 0 amide bonds. The highest BCUT2D eigenvalue weighted by molar-refractivity contribution is 4.56. The number of rotatable bonds is 21. The molecular formula is C26H55NO. The van der Waals surface area contributed by atoms with Gasteiger partial charge in [0.25, 0.3) is 0 Å². The van der Waals surface area contributed by atoms with Gasteiger partial charge < -0.3 is 9.85 Å². The van der Waals surface area contributed by atoms with Crippen LogP contribution in [-0.4, -0.2) is 23.3 Å². The van der Waals surface area contributed by atoms with E-state index in [4.69, 9.17) is 0 Å². The van der Waals surface area contributed by atoms with Crippen molar-refractivity contribution in [3.05, 3.63) is 5.21 Å². The molecule has 0 bridgehead atoms. The molecule has 0 unspecified atom stereocenters. The van der Waals surface area contributed by atoms with Crippen molar-refractivity contribution in [2.75, 3.05) is 6.54 Å². The van der Waals surface area contributed by atoms with Gasteiger partial charge in [0, 0.05) is 0 Å². The first kappa shape index (κ1) is 27.9. The molecule has 170 valence electrons. The van der Waals surface area contributed by atoms with Crippen LogP contribution < -0.4 is 0 Å². The first-order valence-corrected chi connectivity index (χ1v) is 13.0. The number of quaternary nitrogens is 1. The van der Waals surface area contributed by atoms with E-state index < -0.39 is 0 Å². The van der Waals surface area contributed by atoms with Crippen LogP contribution in [0.5, 0.6) is 0 Å². The first-order chi connectivity index (χ1) is 13.4. The summed E-state index contributed by atoms with van der Waals surface area (Å²) in [6.07, 6.45) is 25.1. The van der Waals surface area contributed by atoms with Gasteiger partial charge in [-0.25, -0.2) is 0 Å². The number of hydrogen-bond acceptors (Lipinski definition) is 1. The second-order valence-corrected chi connectivity index (χ2v) is 9.78. The van der Waals surface area contributed by atoms with Crippen LogP contribution in [0.2, 0.25) is 0 Å². The summed E-state index contributed by atoms with van der Waals surface area (Å²) in [6.45, 7) is 11.4. The van der Waals surface area contributed by atoms with Gasteiger partial charge in [0.1, 0.15) is 0 Å². The number of nitrogens with zero attached hydrogens (tertiary/aromatic N) is 1. The molecule has 0 aromatic carbocycles. The molecule has 0 atom stereocenters. The quantitative estimate of drug-likeness (QED) is 0.107. The van der Waals surface area contributed by atoms with Crippen LogP contribution in [0.4, 0.5) is 0 Å². The Bertz CT molecular complexity index is 306. The fourth-order valence-electron chi connectivity index (χ4n) is 4.37. The Morgan fingerprint density at radius 3 is 0.964 bits per heavy atom. The average molecular weight is 398 g/mol. The van der Waals surface area contributed by atoms with Gasteiger partial charge in [-0.05, 0) is 40.5 Å². The third kappa shape index (κ3) is 14.9. The minimum absolute atomic E-state index is 0.0150. The predicted octanol–water partition coefficient (Wildman–Crippen LogP) is 9.16. The maximum atomic E-state index is 12.8. The highest BCUT2D eigenvalue weighted by Crippen LogP contribution is 2.20. The Morgan fingerprint density at radius 2 is 0.714 bits per heavy atom. The van der Waals surface area contributed by atoms with Crippen LogP contribution in [0.25, 0.3) is 0 Å². The van der Waals surface area contributed by atoms with E-state index in [1.54, 1.807) is 0 Å². The third-order valence-electron chi connectivity index (χ3n) is 6.61. The molecule has 28 heavy (non-hydrogen) atoms. The molecular weight excluding hydrogens is 342 g/mol. The molecule has 2 heteroatoms. The lowest BCUT2D eigenvalue weighted by Gasteiger charge is -2.50. The zero-order valence-corrected chi connectivity index (χ0v) is 20.4. The van der Waals surface area contributed by atoms with Crippen LogP contribution in [-0.2, 0) is 0 Å². The van der Waals surface area contributed by atoms with Gasteiger partial charge >= 0.3 is 0 Å². The van der Waals surface area contributed by atoms with E-state index in [0.29, 0.717) is 0 Å². The Morgan fingerprint density at radius 1 is 0.464 bits per heavy atom. The standard InChI is InChI=1S/C26H55NO/c1-6-7-8-9-10-11-12-13-14-15-16-17-18-19-20-21-22-23-24-27(28,25(2)3)26(4)5/h25-26H,6-24H2,1-5H3. The van der Waals surface area contributed by atoms with E-state index in [9.17, 15) is 5.21 Å². The maximum Gasteiger partial charge on any atom is 0.0832 e. The summed E-state index contributed by atoms with van der Waals surface area (Å²) < 4.78 is -0.0150. The molecule has 0 N–H and O–H groups in total. The molecule has 0 saturated heterocycles. The molecule has 0 rings (SSSR count). The van der Waals surface area contributed by atoms with Crippen molar-refractivity contribution < 1.29 is 4.65 Å². The van der Waals surface area contributed by atoms with E-state index >= 15 is 0 Å². The third-order valence-corrected chi connectivity index (χ3v) is 6.61. The Balaban J connectivity index is 3.28. The summed E-state index contributed by atoms with van der Waals surface area (Å²) in [5.41, 5.74) is 0. The van der Waals surface area contributed by atoms with Gasteiger partial charge in [-0.15, -0.1) is 0 Å². The van der Waals surface area contributed by atoms with Crippen LogP contribution >= 0.6 is 0 Å². The number of hydroxylamine groups is 3. The topological polar surface area (TPSA) is 23.1 Å². The molecule has 0 radical (unpaired) electrons. The summed E-state index contributed by atoms with van der Waals surface area (Å²) in [7, 11) is 0. The summed E-state index contributed by atoms with van der Waals surface area (Å²) in [6, 6.07) is 0.372. The predicted molar refractivity (Wildman–Crippen MR) is 128 cm³/mol. The van der Waals surface area contributed by atoms with Crippen molar-refractivity contribution in [2.45, 2.75) is 162 Å². The lowest BCUT2D eigenvalue weighted by molar-refractivity contribution is -0.922. The first-order valence-electron chi connectivity index (χ1n) is 13.0. The van der Waals surface area contributed by atoms with Crippen molar-refractivity contribution >= 4 is 0 Å². The van der Waals surface area contributed by atoms with Crippen molar-refractivity contribution in [1.82, 2.24) is 0 Å². The minimum atomic E-state index is -0.0150. The molecule has 0 heterocycles. The fourth-order valence-corrected chi connectivity index (χ4v) is 4.37. The molecule has 0 aliphatic carbocycles. The lowest BCUT2D eigenvalue weighted by Crippen LogP contribution is -2.53. The van der Waals surface area contributed by atoms with Gasteiger partial charge in [0.05, 0.1) is 18.6 Å². The molecule has 0 aromatic rings. The molecule has 0 aliphatic heterocycles. The second-order valence-electron chi connectivity index (χ2n) is 9.78. The highest BCUT2D eigenvalue weighted by Gasteiger charge is 2.24. The Labute approximate surface area is 179 Å². The summed E-state index contributed by atoms with van der Waals surface area (Å²) in [5, 5.41) is 12.8. The smallest absolute Gasteiger partial charge is 0.0832 e. The highest BCUT2D eigenvalue weighted by atomic mass is 16.5. The Hall–Kier alpha value is -0.0800. The van der Waals surface area contributed by atoms with E-state index in [0.717, 1.165) is 13.0 Å². The van der Waals surface area contributed by atoms with Gasteiger partial charge in [0.2, 0.25) is 0 Å². The fraction of sp³-hybridized carbons (Fsp3) is 1.00. The average Bonchev–Trinajstić information content (AvgIpc) is 2.66. The Kier molecular flexibility index (Phi) is 18.9. The molecule has 0 fully saturated rings. The lowest BCUT2D eigenvalue weighted by atomic mass is 10.0. The molecule has 0 aromatic heterocycles. The molecule has 2 nitrogen and oxygen atoms in total. The number of unbranched alkanes of at least 4 members (excludes halogenated alkanes) is 17. The normalized spacial score (nSPS) is 12.4. The van der Waals surface area contributed by atoms with Gasteiger partial charge in [-0.1, -0.05) is 110 Å². The van der Waals surface area contributed by atoms with E-state index in [1.807, 2.05) is 0 Å². The summed E-state index contributed by atoms with van der Waals surface area (Å²) in [4.78, 5) is 0. The van der Waals surface area contributed by atoms with Crippen molar-refractivity contribution in [1.29, 1.82) is 0 Å². The minimum Gasteiger partial charge on any atom is -0.632 e. The zero-order chi connectivity index (χ0) is 21.1. The van der Waals surface area contributed by atoms with Gasteiger partial charge in [0.15, 0.2) is 0 Å². The van der Waals surface area contributed by atoms with Gasteiger partial charge in [-0.3, -0.25) is 0 Å². The summed E-state index contributed by atoms with van der Waals surface area (Å²) >= 11 is 0. The monoisotopic (exact) mass is 397 g/mol. The zero-order valence-electron chi connectivity index (χ0n) is 20.4. The van der Waals surface area contributed by atoms with Crippen molar-refractivity contribution in [3.63, 3.8) is 0 Å². The van der Waals surface area contributed by atoms with Crippen LogP contribution in [0.3, 0.4) is 0 Å². The molecule has 0 saturated carbocycles. The van der Waals surface area contributed by atoms with E-state index in [-0.39, 0.29) is 16.7 Å². The van der Waals surface area contributed by atoms with Crippen LogP contribution in [0.15, 0.2) is 0 Å². The van der Waals surface area contributed by atoms with Crippen LogP contribution in [0.1, 0.15) is 150 Å². The summed E-state index contributed by atoms with van der Waals surface area (Å²) in [5.74, 6) is 0. The second kappa shape index (κ2) is 18.9. The molecule has 0 aliphatic rings. The maximum absolute atomic E-state index is 12.8. The van der Waals surface area contributed by atoms with Crippen molar-refractivity contribution in [3.8, 4) is 0 Å². The van der Waals surface area contributed by atoms with Crippen molar-refractivity contribution in [2.24, 2.45) is 0 Å². The largest absolute Gasteiger partial charge is 0.632 e. The van der Waals surface area contributed by atoms with E-state index in [1.165, 1.54) is 109 Å². The van der Waals surface area contributed by atoms with Gasteiger partial charge in [-0.2, -0.15) is 0 Å². The molecule has 0 spiro atoms.